The Morgan fingerprint density at radius 1 is 1.28 bits per heavy atom. The van der Waals surface area contributed by atoms with E-state index in [4.69, 9.17) is 21.1 Å². The van der Waals surface area contributed by atoms with Gasteiger partial charge in [0.05, 0.1) is 12.7 Å². The first-order chi connectivity index (χ1) is 8.54. The molecule has 0 amide bonds. The van der Waals surface area contributed by atoms with Crippen molar-refractivity contribution >= 4 is 17.4 Å². The van der Waals surface area contributed by atoms with Gasteiger partial charge >= 0.3 is 0 Å². The van der Waals surface area contributed by atoms with Crippen molar-refractivity contribution in [2.45, 2.75) is 33.0 Å². The Morgan fingerprint density at radius 2 is 1.89 bits per heavy atom. The predicted octanol–water partition coefficient (Wildman–Crippen LogP) is 3.35. The van der Waals surface area contributed by atoms with E-state index in [0.717, 1.165) is 0 Å². The van der Waals surface area contributed by atoms with Gasteiger partial charge in [-0.1, -0.05) is 11.6 Å². The van der Waals surface area contributed by atoms with Crippen LogP contribution in [0.15, 0.2) is 24.3 Å². The fourth-order valence-electron chi connectivity index (χ4n) is 1.58. The molecule has 0 fully saturated rings. The number of ether oxygens (including phenoxy) is 2. The lowest BCUT2D eigenvalue weighted by Crippen LogP contribution is -2.28. The number of hydrogen-bond donors (Lipinski definition) is 0. The van der Waals surface area contributed by atoms with Crippen LogP contribution in [0.1, 0.15) is 31.1 Å². The van der Waals surface area contributed by atoms with Crippen molar-refractivity contribution in [3.05, 3.63) is 34.9 Å². The van der Waals surface area contributed by atoms with E-state index < -0.39 is 6.10 Å². The lowest BCUT2D eigenvalue weighted by atomic mass is 10.1. The van der Waals surface area contributed by atoms with Gasteiger partial charge in [-0.2, -0.15) is 0 Å². The van der Waals surface area contributed by atoms with Gasteiger partial charge in [-0.25, -0.2) is 0 Å². The number of halogens is 1. The first-order valence-electron chi connectivity index (χ1n) is 6.07. The molecular formula is C14H19ClO3. The zero-order valence-corrected chi connectivity index (χ0v) is 11.7. The van der Waals surface area contributed by atoms with Crippen molar-refractivity contribution < 1.29 is 14.3 Å². The summed E-state index contributed by atoms with van der Waals surface area (Å²) >= 11 is 5.78. The molecule has 3 nitrogen and oxygen atoms in total. The summed E-state index contributed by atoms with van der Waals surface area (Å²) < 4.78 is 10.8. The predicted molar refractivity (Wildman–Crippen MR) is 72.3 cm³/mol. The molecule has 1 aromatic rings. The van der Waals surface area contributed by atoms with Crippen LogP contribution in [0.5, 0.6) is 0 Å². The normalized spacial score (nSPS) is 14.2. The molecule has 0 radical (unpaired) electrons. The number of carbonyl (C=O) groups is 1. The molecule has 0 saturated heterocycles. The average Bonchev–Trinajstić information content (AvgIpc) is 2.36. The van der Waals surface area contributed by atoms with E-state index in [0.29, 0.717) is 23.8 Å². The molecule has 0 aromatic heterocycles. The van der Waals surface area contributed by atoms with E-state index >= 15 is 0 Å². The average molecular weight is 271 g/mol. The van der Waals surface area contributed by atoms with E-state index in [2.05, 4.69) is 0 Å². The summed E-state index contributed by atoms with van der Waals surface area (Å²) in [6.45, 7) is 6.71. The van der Waals surface area contributed by atoms with Crippen LogP contribution < -0.4 is 0 Å². The van der Waals surface area contributed by atoms with Gasteiger partial charge in [0, 0.05) is 17.2 Å². The fourth-order valence-corrected chi connectivity index (χ4v) is 1.71. The van der Waals surface area contributed by atoms with Crippen LogP contribution in [0.25, 0.3) is 0 Å². The van der Waals surface area contributed by atoms with Crippen molar-refractivity contribution in [3.8, 4) is 0 Å². The second kappa shape index (κ2) is 7.52. The first kappa shape index (κ1) is 15.2. The van der Waals surface area contributed by atoms with Gasteiger partial charge in [0.2, 0.25) is 0 Å². The lowest BCUT2D eigenvalue weighted by molar-refractivity contribution is -0.0296. The van der Waals surface area contributed by atoms with Gasteiger partial charge in [-0.3, -0.25) is 4.79 Å². The second-order valence-electron chi connectivity index (χ2n) is 4.12. The maximum absolute atomic E-state index is 12.1. The maximum Gasteiger partial charge on any atom is 0.191 e. The summed E-state index contributed by atoms with van der Waals surface area (Å²) in [6.07, 6.45) is -0.585. The molecule has 1 aromatic carbocycles. The molecule has 0 bridgehead atoms. The fraction of sp³-hybridized carbons (Fsp3) is 0.500. The second-order valence-corrected chi connectivity index (χ2v) is 4.56. The molecule has 0 aliphatic heterocycles. The maximum atomic E-state index is 12.1. The van der Waals surface area contributed by atoms with E-state index in [1.54, 1.807) is 31.2 Å². The molecular weight excluding hydrogens is 252 g/mol. The van der Waals surface area contributed by atoms with Gasteiger partial charge in [-0.15, -0.1) is 0 Å². The number of benzene rings is 1. The minimum atomic E-state index is -0.485. The third kappa shape index (κ3) is 4.77. The van der Waals surface area contributed by atoms with Crippen LogP contribution in [0, 0.1) is 0 Å². The number of hydrogen-bond acceptors (Lipinski definition) is 3. The van der Waals surface area contributed by atoms with Gasteiger partial charge < -0.3 is 9.47 Å². The molecule has 0 heterocycles. The highest BCUT2D eigenvalue weighted by molar-refractivity contribution is 6.30. The highest BCUT2D eigenvalue weighted by atomic mass is 35.5. The molecule has 0 saturated carbocycles. The topological polar surface area (TPSA) is 35.5 Å². The summed E-state index contributed by atoms with van der Waals surface area (Å²) in [5.41, 5.74) is 0.607. The molecule has 2 atom stereocenters. The Balaban J connectivity index is 2.53. The molecule has 0 aliphatic carbocycles. The van der Waals surface area contributed by atoms with Crippen molar-refractivity contribution in [1.82, 2.24) is 0 Å². The standard InChI is InChI=1S/C14H19ClO3/c1-4-17-9-10(2)18-11(3)14(16)12-5-7-13(15)8-6-12/h5-8,10-11H,4,9H2,1-3H3. The number of Topliss-reactive ketones (excluding diaryl/α,β-unsaturated/α-hetero) is 1. The van der Waals surface area contributed by atoms with Crippen LogP contribution in [0.2, 0.25) is 5.02 Å². The molecule has 0 spiro atoms. The molecule has 18 heavy (non-hydrogen) atoms. The summed E-state index contributed by atoms with van der Waals surface area (Å²) in [6, 6.07) is 6.81. The minimum Gasteiger partial charge on any atom is -0.379 e. The third-order valence-corrected chi connectivity index (χ3v) is 2.74. The SMILES string of the molecule is CCOCC(C)OC(C)C(=O)c1ccc(Cl)cc1. The zero-order valence-electron chi connectivity index (χ0n) is 11.0. The van der Waals surface area contributed by atoms with E-state index in [-0.39, 0.29) is 11.9 Å². The molecule has 0 aliphatic rings. The van der Waals surface area contributed by atoms with Crippen LogP contribution >= 0.6 is 11.6 Å². The van der Waals surface area contributed by atoms with Crippen LogP contribution in [-0.2, 0) is 9.47 Å². The minimum absolute atomic E-state index is 0.0463. The van der Waals surface area contributed by atoms with Crippen molar-refractivity contribution in [3.63, 3.8) is 0 Å². The third-order valence-electron chi connectivity index (χ3n) is 2.49. The van der Waals surface area contributed by atoms with Crippen molar-refractivity contribution in [2.24, 2.45) is 0 Å². The highest BCUT2D eigenvalue weighted by Gasteiger charge is 2.18. The molecule has 2 unspecified atom stereocenters. The zero-order chi connectivity index (χ0) is 13.5. The van der Waals surface area contributed by atoms with Gasteiger partial charge in [0.15, 0.2) is 5.78 Å². The Bertz CT molecular complexity index is 375. The van der Waals surface area contributed by atoms with Crippen LogP contribution in [0.3, 0.4) is 0 Å². The largest absolute Gasteiger partial charge is 0.379 e. The highest BCUT2D eigenvalue weighted by Crippen LogP contribution is 2.13. The quantitative estimate of drug-likeness (QED) is 0.713. The van der Waals surface area contributed by atoms with E-state index in [1.807, 2.05) is 13.8 Å². The van der Waals surface area contributed by atoms with Crippen LogP contribution in [-0.4, -0.2) is 31.2 Å². The van der Waals surface area contributed by atoms with E-state index in [9.17, 15) is 4.79 Å². The molecule has 0 N–H and O–H groups in total. The van der Waals surface area contributed by atoms with Crippen molar-refractivity contribution in [1.29, 1.82) is 0 Å². The lowest BCUT2D eigenvalue weighted by Gasteiger charge is -2.18. The summed E-state index contributed by atoms with van der Waals surface area (Å²) in [7, 11) is 0. The summed E-state index contributed by atoms with van der Waals surface area (Å²) in [5.74, 6) is -0.0463. The number of rotatable bonds is 7. The van der Waals surface area contributed by atoms with Gasteiger partial charge in [0.1, 0.15) is 6.10 Å². The van der Waals surface area contributed by atoms with Gasteiger partial charge in [-0.05, 0) is 45.0 Å². The Morgan fingerprint density at radius 3 is 2.44 bits per heavy atom. The Hall–Kier alpha value is -0.900. The van der Waals surface area contributed by atoms with Crippen LogP contribution in [0.4, 0.5) is 0 Å². The monoisotopic (exact) mass is 270 g/mol. The number of carbonyl (C=O) groups excluding carboxylic acids is 1. The Kier molecular flexibility index (Phi) is 6.33. The Labute approximate surface area is 113 Å². The summed E-state index contributed by atoms with van der Waals surface area (Å²) in [5, 5.41) is 0.616. The van der Waals surface area contributed by atoms with Crippen molar-refractivity contribution in [2.75, 3.05) is 13.2 Å². The molecule has 1 rings (SSSR count). The molecule has 4 heteroatoms. The smallest absolute Gasteiger partial charge is 0.191 e. The van der Waals surface area contributed by atoms with E-state index in [1.165, 1.54) is 0 Å². The molecule has 100 valence electrons. The van der Waals surface area contributed by atoms with Gasteiger partial charge in [0.25, 0.3) is 0 Å². The number of ketones is 1. The first-order valence-corrected chi connectivity index (χ1v) is 6.45. The summed E-state index contributed by atoms with van der Waals surface area (Å²) in [4.78, 5) is 12.1.